The Balaban J connectivity index is 1.79. The number of hydrogen-bond acceptors (Lipinski definition) is 6. The van der Waals surface area contributed by atoms with Gasteiger partial charge in [0.2, 0.25) is 0 Å². The van der Waals surface area contributed by atoms with Gasteiger partial charge >= 0.3 is 0 Å². The first-order valence-electron chi connectivity index (χ1n) is 8.78. The van der Waals surface area contributed by atoms with Gasteiger partial charge in [-0.3, -0.25) is 4.79 Å². The Morgan fingerprint density at radius 1 is 1.22 bits per heavy atom. The molecule has 144 valence electrons. The van der Waals surface area contributed by atoms with Crippen LogP contribution in [0.3, 0.4) is 0 Å². The number of carbonyl (C=O) groups excluding carboxylic acids is 1. The van der Waals surface area contributed by atoms with Crippen LogP contribution in [0, 0.1) is 0 Å². The van der Waals surface area contributed by atoms with Crippen LogP contribution in [-0.2, 0) is 0 Å². The Morgan fingerprint density at radius 2 is 1.85 bits per heavy atom. The fourth-order valence-corrected chi connectivity index (χ4v) is 4.36. The molecule has 1 amide bonds. The first-order chi connectivity index (χ1) is 12.8. The van der Waals surface area contributed by atoms with Crippen molar-refractivity contribution in [2.24, 2.45) is 5.73 Å². The lowest BCUT2D eigenvalue weighted by Gasteiger charge is -2.17. The van der Waals surface area contributed by atoms with E-state index in [1.807, 2.05) is 26.1 Å². The second-order valence-corrected chi connectivity index (χ2v) is 8.04. The average molecular weight is 387 g/mol. The number of nitrogens with two attached hydrogens (primary N) is 3. The summed E-state index contributed by atoms with van der Waals surface area (Å²) in [5.41, 5.74) is 22.0. The van der Waals surface area contributed by atoms with Crippen molar-refractivity contribution in [3.05, 3.63) is 46.0 Å². The van der Waals surface area contributed by atoms with Gasteiger partial charge in [-0.25, -0.2) is 0 Å². The number of allylic oxidation sites excluding steroid dienone is 2. The zero-order valence-electron chi connectivity index (χ0n) is 16.1. The van der Waals surface area contributed by atoms with Crippen LogP contribution in [0.5, 0.6) is 5.75 Å². The number of anilines is 2. The third kappa shape index (κ3) is 3.47. The minimum absolute atomic E-state index is 0.0982. The lowest BCUT2D eigenvalue weighted by atomic mass is 10.1. The van der Waals surface area contributed by atoms with Crippen LogP contribution in [0.25, 0.3) is 5.57 Å². The topological polar surface area (TPSA) is 108 Å². The summed E-state index contributed by atoms with van der Waals surface area (Å²) in [5.74, 6) is 1.06. The van der Waals surface area contributed by atoms with Crippen LogP contribution in [-0.4, -0.2) is 31.0 Å². The third-order valence-electron chi connectivity index (χ3n) is 5.25. The zero-order chi connectivity index (χ0) is 19.9. The van der Waals surface area contributed by atoms with E-state index in [4.69, 9.17) is 21.9 Å². The molecule has 2 unspecified atom stereocenters. The van der Waals surface area contributed by atoms with E-state index in [9.17, 15) is 4.79 Å². The molecule has 1 aromatic heterocycles. The minimum Gasteiger partial charge on any atom is -0.497 e. The van der Waals surface area contributed by atoms with E-state index in [0.717, 1.165) is 17.7 Å². The van der Waals surface area contributed by atoms with Crippen molar-refractivity contribution >= 4 is 33.5 Å². The van der Waals surface area contributed by atoms with Crippen molar-refractivity contribution in [2.75, 3.05) is 25.6 Å². The molecule has 7 heteroatoms. The molecule has 1 aliphatic rings. The number of benzene rings is 1. The van der Waals surface area contributed by atoms with Crippen LogP contribution >= 0.6 is 11.3 Å². The third-order valence-corrected chi connectivity index (χ3v) is 6.27. The van der Waals surface area contributed by atoms with Crippen molar-refractivity contribution in [2.45, 2.75) is 32.2 Å². The molecule has 0 radical (unpaired) electrons. The van der Waals surface area contributed by atoms with Gasteiger partial charge < -0.3 is 26.8 Å². The van der Waals surface area contributed by atoms with Crippen molar-refractivity contribution in [1.82, 2.24) is 4.90 Å². The van der Waals surface area contributed by atoms with Gasteiger partial charge in [0.05, 0.1) is 17.8 Å². The maximum absolute atomic E-state index is 13.0. The average Bonchev–Trinajstić information content (AvgIpc) is 3.39. The zero-order valence-corrected chi connectivity index (χ0v) is 16.9. The number of hydrogen-bond donors (Lipinski definition) is 3. The molecule has 1 heterocycles. The summed E-state index contributed by atoms with van der Waals surface area (Å²) in [6.45, 7) is 3.66. The van der Waals surface area contributed by atoms with E-state index in [0.29, 0.717) is 32.7 Å². The predicted molar refractivity (Wildman–Crippen MR) is 112 cm³/mol. The molecule has 2 aromatic rings. The first kappa shape index (κ1) is 19.1. The normalized spacial score (nSPS) is 19.4. The quantitative estimate of drug-likeness (QED) is 0.731. The maximum atomic E-state index is 13.0. The highest BCUT2D eigenvalue weighted by atomic mass is 32.1. The molecule has 1 aromatic carbocycles. The highest BCUT2D eigenvalue weighted by Crippen LogP contribution is 2.46. The van der Waals surface area contributed by atoms with Crippen LogP contribution in [0.4, 0.5) is 10.7 Å². The molecule has 27 heavy (non-hydrogen) atoms. The van der Waals surface area contributed by atoms with Gasteiger partial charge in [-0.05, 0) is 43.5 Å². The lowest BCUT2D eigenvalue weighted by Crippen LogP contribution is -2.29. The summed E-state index contributed by atoms with van der Waals surface area (Å²) in [6.07, 6.45) is 0.934. The number of thiophene rings is 1. The van der Waals surface area contributed by atoms with Crippen LogP contribution in [0.15, 0.2) is 30.0 Å². The Morgan fingerprint density at radius 3 is 2.41 bits per heavy atom. The van der Waals surface area contributed by atoms with E-state index in [-0.39, 0.29) is 11.9 Å². The molecule has 2 atom stereocenters. The predicted octanol–water partition coefficient (Wildman–Crippen LogP) is 3.26. The number of carbonyl (C=O) groups is 1. The first-order valence-corrected chi connectivity index (χ1v) is 9.60. The number of rotatable bonds is 5. The highest BCUT2D eigenvalue weighted by molar-refractivity contribution is 7.18. The molecule has 0 spiro atoms. The summed E-state index contributed by atoms with van der Waals surface area (Å²) < 4.78 is 5.20. The molecule has 0 saturated heterocycles. The summed E-state index contributed by atoms with van der Waals surface area (Å²) in [5, 5.41) is 0.522. The molecular formula is C20H26N4O2S. The van der Waals surface area contributed by atoms with Crippen LogP contribution < -0.4 is 21.9 Å². The number of methoxy groups -OCH3 is 1. The molecule has 3 rings (SSSR count). The Hall–Kier alpha value is -2.67. The molecule has 0 bridgehead atoms. The van der Waals surface area contributed by atoms with Gasteiger partial charge in [0.25, 0.3) is 5.91 Å². The summed E-state index contributed by atoms with van der Waals surface area (Å²) in [7, 11) is 3.47. The van der Waals surface area contributed by atoms with Crippen molar-refractivity contribution in [1.29, 1.82) is 0 Å². The fraction of sp³-hybridized carbons (Fsp3) is 0.350. The standard InChI is InChI=1S/C20H26N4O2S/c1-10(11(2)21)16-17(22)18(27-19(16)23)20(25)24(3)15-9-14(15)12-5-7-13(26-4)8-6-12/h5-8,14-15H,9,21-23H2,1-4H3/b11-10-. The summed E-state index contributed by atoms with van der Waals surface area (Å²) >= 11 is 1.23. The minimum atomic E-state index is -0.0982. The molecule has 1 aliphatic carbocycles. The molecule has 0 aliphatic heterocycles. The second kappa shape index (κ2) is 7.15. The van der Waals surface area contributed by atoms with E-state index in [1.165, 1.54) is 16.9 Å². The van der Waals surface area contributed by atoms with E-state index < -0.39 is 0 Å². The largest absolute Gasteiger partial charge is 0.497 e. The van der Waals surface area contributed by atoms with Crippen molar-refractivity contribution < 1.29 is 9.53 Å². The summed E-state index contributed by atoms with van der Waals surface area (Å²) in [6, 6.07) is 8.15. The monoisotopic (exact) mass is 386 g/mol. The van der Waals surface area contributed by atoms with Crippen molar-refractivity contribution in [3.8, 4) is 5.75 Å². The van der Waals surface area contributed by atoms with E-state index in [2.05, 4.69) is 12.1 Å². The Kier molecular flexibility index (Phi) is 5.06. The number of likely N-dealkylation sites (N-methyl/N-ethyl adjacent to an activating group) is 1. The molecule has 1 fully saturated rings. The Labute approximate surface area is 163 Å². The number of nitrogens with zero attached hydrogens (tertiary/aromatic N) is 1. The number of ether oxygens (including phenoxy) is 1. The van der Waals surface area contributed by atoms with Gasteiger partial charge in [-0.2, -0.15) is 0 Å². The number of amides is 1. The van der Waals surface area contributed by atoms with Gasteiger partial charge in [0, 0.05) is 30.3 Å². The van der Waals surface area contributed by atoms with Gasteiger partial charge in [-0.15, -0.1) is 11.3 Å². The van der Waals surface area contributed by atoms with Crippen LogP contribution in [0.2, 0.25) is 0 Å². The van der Waals surface area contributed by atoms with Gasteiger partial charge in [-0.1, -0.05) is 12.1 Å². The molecule has 6 nitrogen and oxygen atoms in total. The van der Waals surface area contributed by atoms with Gasteiger partial charge in [0.1, 0.15) is 10.6 Å². The second-order valence-electron chi connectivity index (χ2n) is 6.99. The van der Waals surface area contributed by atoms with E-state index >= 15 is 0 Å². The van der Waals surface area contributed by atoms with E-state index in [1.54, 1.807) is 18.9 Å². The lowest BCUT2D eigenvalue weighted by molar-refractivity contribution is 0.0788. The van der Waals surface area contributed by atoms with Gasteiger partial charge in [0.15, 0.2) is 0 Å². The maximum Gasteiger partial charge on any atom is 0.266 e. The number of nitrogen functional groups attached to an aromatic ring is 2. The molecular weight excluding hydrogens is 360 g/mol. The molecule has 1 saturated carbocycles. The fourth-order valence-electron chi connectivity index (χ4n) is 3.33. The van der Waals surface area contributed by atoms with Crippen LogP contribution in [0.1, 0.15) is 47.0 Å². The highest BCUT2D eigenvalue weighted by Gasteiger charge is 2.44. The SMILES string of the molecule is COc1ccc(C2CC2N(C)C(=O)c2sc(N)c(/C(C)=C(/C)N)c2N)cc1. The summed E-state index contributed by atoms with van der Waals surface area (Å²) in [4.78, 5) is 15.3. The Bertz CT molecular complexity index is 897. The molecule has 6 N–H and O–H groups in total. The smallest absolute Gasteiger partial charge is 0.266 e. The van der Waals surface area contributed by atoms with Crippen molar-refractivity contribution in [3.63, 3.8) is 0 Å².